The molecule has 0 aliphatic heterocycles. The van der Waals surface area contributed by atoms with E-state index in [0.29, 0.717) is 6.61 Å². The molecule has 1 N–H and O–H groups in total. The second kappa shape index (κ2) is 7.13. The van der Waals surface area contributed by atoms with Crippen molar-refractivity contribution in [3.05, 3.63) is 46.4 Å². The van der Waals surface area contributed by atoms with Crippen molar-refractivity contribution < 1.29 is 4.74 Å². The topological polar surface area (TPSA) is 34.1 Å². The molecular weight excluding hydrogens is 244 g/mol. The number of anilines is 1. The van der Waals surface area contributed by atoms with E-state index in [2.05, 4.69) is 27.8 Å². The molecule has 0 saturated heterocycles. The largest absolute Gasteiger partial charge is 0.385 e. The Morgan fingerprint density at radius 3 is 2.89 bits per heavy atom. The van der Waals surface area contributed by atoms with Gasteiger partial charge in [0.1, 0.15) is 5.01 Å². The molecule has 0 unspecified atom stereocenters. The first-order valence-corrected chi connectivity index (χ1v) is 7.06. The molecule has 1 aromatic carbocycles. The van der Waals surface area contributed by atoms with Crippen LogP contribution in [0, 0.1) is 0 Å². The number of rotatable bonds is 7. The summed E-state index contributed by atoms with van der Waals surface area (Å²) >= 11 is 1.67. The summed E-state index contributed by atoms with van der Waals surface area (Å²) in [6.07, 6.45) is 0.942. The van der Waals surface area contributed by atoms with Gasteiger partial charge in [0.15, 0.2) is 0 Å². The fourth-order valence-electron chi connectivity index (χ4n) is 1.61. The summed E-state index contributed by atoms with van der Waals surface area (Å²) < 4.78 is 5.34. The van der Waals surface area contributed by atoms with Crippen LogP contribution in [0.1, 0.15) is 17.6 Å². The summed E-state index contributed by atoms with van der Waals surface area (Å²) in [6, 6.07) is 10.2. The van der Waals surface area contributed by atoms with Crippen LogP contribution in [-0.2, 0) is 17.8 Å². The van der Waals surface area contributed by atoms with E-state index in [1.807, 2.05) is 25.1 Å². The van der Waals surface area contributed by atoms with Crippen molar-refractivity contribution in [3.8, 4) is 0 Å². The first-order valence-electron chi connectivity index (χ1n) is 6.18. The normalized spacial score (nSPS) is 10.5. The molecule has 2 aromatic rings. The fourth-order valence-corrected chi connectivity index (χ4v) is 2.37. The summed E-state index contributed by atoms with van der Waals surface area (Å²) in [6.45, 7) is 4.28. The lowest BCUT2D eigenvalue weighted by Crippen LogP contribution is -2.05. The fraction of sp³-hybridized carbons (Fsp3) is 0.357. The molecule has 4 heteroatoms. The van der Waals surface area contributed by atoms with Crippen LogP contribution in [0.25, 0.3) is 0 Å². The molecule has 0 saturated carbocycles. The number of benzene rings is 1. The van der Waals surface area contributed by atoms with Crippen LogP contribution in [-0.4, -0.2) is 18.1 Å². The van der Waals surface area contributed by atoms with Gasteiger partial charge in [-0.05, 0) is 19.1 Å². The van der Waals surface area contributed by atoms with Crippen molar-refractivity contribution in [2.75, 3.05) is 18.5 Å². The minimum Gasteiger partial charge on any atom is -0.385 e. The van der Waals surface area contributed by atoms with E-state index in [0.717, 1.165) is 36.0 Å². The summed E-state index contributed by atoms with van der Waals surface area (Å²) in [7, 11) is 0. The molecule has 0 aliphatic rings. The Labute approximate surface area is 112 Å². The molecule has 96 valence electrons. The molecule has 0 bridgehead atoms. The van der Waals surface area contributed by atoms with E-state index in [4.69, 9.17) is 4.74 Å². The SMILES string of the molecule is CCOCc1nc(CCNc2ccccc2)cs1. The number of para-hydroxylation sites is 1. The lowest BCUT2D eigenvalue weighted by atomic mass is 10.3. The third-order valence-electron chi connectivity index (χ3n) is 2.51. The molecule has 18 heavy (non-hydrogen) atoms. The van der Waals surface area contributed by atoms with Gasteiger partial charge in [-0.15, -0.1) is 11.3 Å². The van der Waals surface area contributed by atoms with Gasteiger partial charge in [0, 0.05) is 30.6 Å². The second-order valence-corrected chi connectivity index (χ2v) is 4.86. The summed E-state index contributed by atoms with van der Waals surface area (Å²) in [4.78, 5) is 4.53. The third kappa shape index (κ3) is 4.13. The molecule has 3 nitrogen and oxygen atoms in total. The van der Waals surface area contributed by atoms with E-state index in [1.54, 1.807) is 11.3 Å². The van der Waals surface area contributed by atoms with E-state index >= 15 is 0 Å². The number of thiazole rings is 1. The maximum Gasteiger partial charge on any atom is 0.119 e. The number of hydrogen-bond donors (Lipinski definition) is 1. The van der Waals surface area contributed by atoms with Crippen LogP contribution in [0.15, 0.2) is 35.7 Å². The van der Waals surface area contributed by atoms with Gasteiger partial charge >= 0.3 is 0 Å². The molecule has 1 aromatic heterocycles. The van der Waals surface area contributed by atoms with Gasteiger partial charge in [-0.3, -0.25) is 0 Å². The van der Waals surface area contributed by atoms with Crippen molar-refractivity contribution in [2.45, 2.75) is 20.0 Å². The number of nitrogens with one attached hydrogen (secondary N) is 1. The highest BCUT2D eigenvalue weighted by molar-refractivity contribution is 7.09. The van der Waals surface area contributed by atoms with Gasteiger partial charge in [-0.1, -0.05) is 18.2 Å². The van der Waals surface area contributed by atoms with Crippen LogP contribution in [0.5, 0.6) is 0 Å². The molecule has 0 atom stereocenters. The smallest absolute Gasteiger partial charge is 0.119 e. The molecule has 0 fully saturated rings. The first kappa shape index (κ1) is 13.1. The van der Waals surface area contributed by atoms with E-state index in [-0.39, 0.29) is 0 Å². The van der Waals surface area contributed by atoms with Crippen molar-refractivity contribution in [1.29, 1.82) is 0 Å². The minimum atomic E-state index is 0.632. The number of aromatic nitrogens is 1. The minimum absolute atomic E-state index is 0.632. The molecule has 1 heterocycles. The van der Waals surface area contributed by atoms with Crippen LogP contribution in [0.3, 0.4) is 0 Å². The zero-order valence-electron chi connectivity index (χ0n) is 10.6. The van der Waals surface area contributed by atoms with Crippen molar-refractivity contribution in [1.82, 2.24) is 4.98 Å². The quantitative estimate of drug-likeness (QED) is 0.831. The Morgan fingerprint density at radius 2 is 2.11 bits per heavy atom. The Kier molecular flexibility index (Phi) is 5.17. The molecule has 0 aliphatic carbocycles. The Morgan fingerprint density at radius 1 is 1.28 bits per heavy atom. The summed E-state index contributed by atoms with van der Waals surface area (Å²) in [5.41, 5.74) is 2.29. The van der Waals surface area contributed by atoms with E-state index in [9.17, 15) is 0 Å². The highest BCUT2D eigenvalue weighted by atomic mass is 32.1. The Bertz CT molecular complexity index is 456. The third-order valence-corrected chi connectivity index (χ3v) is 3.38. The average molecular weight is 262 g/mol. The predicted octanol–water partition coefficient (Wildman–Crippen LogP) is 3.33. The first-order chi connectivity index (χ1) is 8.88. The average Bonchev–Trinajstić information content (AvgIpc) is 2.85. The Balaban J connectivity index is 1.75. The van der Waals surface area contributed by atoms with Gasteiger partial charge < -0.3 is 10.1 Å². The van der Waals surface area contributed by atoms with Gasteiger partial charge in [-0.2, -0.15) is 0 Å². The molecule has 0 amide bonds. The van der Waals surface area contributed by atoms with Gasteiger partial charge in [0.2, 0.25) is 0 Å². The summed E-state index contributed by atoms with van der Waals surface area (Å²) in [5.74, 6) is 0. The number of nitrogens with zero attached hydrogens (tertiary/aromatic N) is 1. The maximum atomic E-state index is 5.34. The second-order valence-electron chi connectivity index (χ2n) is 3.91. The van der Waals surface area contributed by atoms with Crippen LogP contribution >= 0.6 is 11.3 Å². The summed E-state index contributed by atoms with van der Waals surface area (Å²) in [5, 5.41) is 6.55. The zero-order valence-corrected chi connectivity index (χ0v) is 11.4. The van der Waals surface area contributed by atoms with Crippen molar-refractivity contribution in [3.63, 3.8) is 0 Å². The van der Waals surface area contributed by atoms with Gasteiger partial charge in [-0.25, -0.2) is 4.98 Å². The Hall–Kier alpha value is -1.39. The molecule has 2 rings (SSSR count). The monoisotopic (exact) mass is 262 g/mol. The molecule has 0 spiro atoms. The zero-order chi connectivity index (χ0) is 12.6. The van der Waals surface area contributed by atoms with Crippen molar-refractivity contribution >= 4 is 17.0 Å². The molecule has 0 radical (unpaired) electrons. The number of hydrogen-bond acceptors (Lipinski definition) is 4. The van der Waals surface area contributed by atoms with E-state index in [1.165, 1.54) is 0 Å². The highest BCUT2D eigenvalue weighted by Gasteiger charge is 2.01. The van der Waals surface area contributed by atoms with Gasteiger partial charge in [0.05, 0.1) is 12.3 Å². The van der Waals surface area contributed by atoms with E-state index < -0.39 is 0 Å². The highest BCUT2D eigenvalue weighted by Crippen LogP contribution is 2.12. The van der Waals surface area contributed by atoms with Crippen LogP contribution in [0.2, 0.25) is 0 Å². The van der Waals surface area contributed by atoms with Crippen molar-refractivity contribution in [2.24, 2.45) is 0 Å². The number of ether oxygens (including phenoxy) is 1. The standard InChI is InChI=1S/C14H18N2OS/c1-2-17-10-14-16-13(11-18-14)8-9-15-12-6-4-3-5-7-12/h3-7,11,15H,2,8-10H2,1H3. The lowest BCUT2D eigenvalue weighted by molar-refractivity contribution is 0.134. The lowest BCUT2D eigenvalue weighted by Gasteiger charge is -2.04. The van der Waals surface area contributed by atoms with Gasteiger partial charge in [0.25, 0.3) is 0 Å². The van der Waals surface area contributed by atoms with Crippen LogP contribution in [0.4, 0.5) is 5.69 Å². The van der Waals surface area contributed by atoms with Crippen LogP contribution < -0.4 is 5.32 Å². The predicted molar refractivity (Wildman–Crippen MR) is 76.1 cm³/mol. The molecular formula is C14H18N2OS. The maximum absolute atomic E-state index is 5.34.